The lowest BCUT2D eigenvalue weighted by Gasteiger charge is -2.20. The van der Waals surface area contributed by atoms with E-state index in [9.17, 15) is 4.79 Å². The fourth-order valence-corrected chi connectivity index (χ4v) is 4.09. The van der Waals surface area contributed by atoms with Gasteiger partial charge >= 0.3 is 0 Å². The molecule has 168 valence electrons. The molecule has 0 aliphatic rings. The van der Waals surface area contributed by atoms with Crippen molar-refractivity contribution in [2.45, 2.75) is 20.1 Å². The Balaban J connectivity index is 1.42. The molecule has 0 bridgehead atoms. The van der Waals surface area contributed by atoms with Crippen LogP contribution in [0.25, 0.3) is 17.0 Å². The predicted octanol–water partition coefficient (Wildman–Crippen LogP) is 5.95. The number of benzene rings is 2. The molecular formula is C27H26N2O3S. The third-order valence-corrected chi connectivity index (χ3v) is 6.11. The van der Waals surface area contributed by atoms with Crippen LogP contribution in [-0.2, 0) is 17.9 Å². The van der Waals surface area contributed by atoms with Crippen molar-refractivity contribution in [3.63, 3.8) is 0 Å². The maximum Gasteiger partial charge on any atom is 0.246 e. The van der Waals surface area contributed by atoms with E-state index in [0.29, 0.717) is 31.2 Å². The predicted molar refractivity (Wildman–Crippen MR) is 134 cm³/mol. The van der Waals surface area contributed by atoms with Gasteiger partial charge in [0, 0.05) is 29.4 Å². The molecule has 4 aromatic rings. The number of amides is 1. The van der Waals surface area contributed by atoms with Gasteiger partial charge in [-0.05, 0) is 54.3 Å². The van der Waals surface area contributed by atoms with Gasteiger partial charge in [0.1, 0.15) is 6.61 Å². The quantitative estimate of drug-likeness (QED) is 0.291. The summed E-state index contributed by atoms with van der Waals surface area (Å²) in [5.41, 5.74) is 2.64. The summed E-state index contributed by atoms with van der Waals surface area (Å²) in [5.74, 6) is 1.28. The van der Waals surface area contributed by atoms with Crippen LogP contribution in [0.2, 0.25) is 0 Å². The van der Waals surface area contributed by atoms with E-state index in [1.54, 1.807) is 35.5 Å². The second-order valence-corrected chi connectivity index (χ2v) is 8.50. The van der Waals surface area contributed by atoms with Crippen molar-refractivity contribution in [3.05, 3.63) is 94.3 Å². The van der Waals surface area contributed by atoms with Gasteiger partial charge in [0.15, 0.2) is 11.5 Å². The Labute approximate surface area is 197 Å². The Kier molecular flexibility index (Phi) is 7.37. The van der Waals surface area contributed by atoms with E-state index in [0.717, 1.165) is 27.0 Å². The lowest BCUT2D eigenvalue weighted by Crippen LogP contribution is -2.28. The highest BCUT2D eigenvalue weighted by atomic mass is 32.1. The number of aromatic nitrogens is 1. The zero-order valence-electron chi connectivity index (χ0n) is 18.7. The van der Waals surface area contributed by atoms with E-state index in [1.807, 2.05) is 79.0 Å². The summed E-state index contributed by atoms with van der Waals surface area (Å²) < 4.78 is 11.4. The summed E-state index contributed by atoms with van der Waals surface area (Å²) in [7, 11) is 1.62. The van der Waals surface area contributed by atoms with E-state index < -0.39 is 0 Å². The van der Waals surface area contributed by atoms with E-state index in [1.165, 1.54) is 0 Å². The maximum absolute atomic E-state index is 12.8. The minimum absolute atomic E-state index is 0.0653. The molecule has 0 radical (unpaired) electrons. The fourth-order valence-electron chi connectivity index (χ4n) is 3.48. The molecule has 4 rings (SSSR count). The Hall–Kier alpha value is -3.64. The number of fused-ring (bicyclic) bond motifs is 1. The molecule has 0 aliphatic carbocycles. The highest BCUT2D eigenvalue weighted by molar-refractivity contribution is 7.09. The molecule has 0 fully saturated rings. The normalized spacial score (nSPS) is 11.1. The van der Waals surface area contributed by atoms with Gasteiger partial charge in [-0.25, -0.2) is 4.98 Å². The molecule has 0 N–H and O–H groups in total. The third kappa shape index (κ3) is 5.79. The van der Waals surface area contributed by atoms with Gasteiger partial charge in [-0.15, -0.1) is 11.3 Å². The number of hydrogen-bond donors (Lipinski definition) is 0. The van der Waals surface area contributed by atoms with Crippen molar-refractivity contribution < 1.29 is 14.3 Å². The van der Waals surface area contributed by atoms with Gasteiger partial charge in [0.2, 0.25) is 5.91 Å². The first kappa shape index (κ1) is 22.6. The van der Waals surface area contributed by atoms with Gasteiger partial charge in [0.25, 0.3) is 0 Å². The molecule has 0 atom stereocenters. The summed E-state index contributed by atoms with van der Waals surface area (Å²) in [6.45, 7) is 3.54. The summed E-state index contributed by atoms with van der Waals surface area (Å²) in [6.07, 6.45) is 3.34. The largest absolute Gasteiger partial charge is 0.493 e. The average Bonchev–Trinajstić information content (AvgIpc) is 3.38. The number of nitrogens with zero attached hydrogens (tertiary/aromatic N) is 2. The van der Waals surface area contributed by atoms with E-state index >= 15 is 0 Å². The Morgan fingerprint density at radius 1 is 1.06 bits per heavy atom. The first-order valence-electron chi connectivity index (χ1n) is 10.8. The van der Waals surface area contributed by atoms with Crippen LogP contribution in [0.3, 0.4) is 0 Å². The molecule has 5 nitrogen and oxygen atoms in total. The number of para-hydroxylation sites is 1. The minimum atomic E-state index is -0.0653. The molecule has 2 aromatic carbocycles. The maximum atomic E-state index is 12.8. The number of pyridine rings is 1. The topological polar surface area (TPSA) is 51.7 Å². The lowest BCUT2D eigenvalue weighted by atomic mass is 10.1. The summed E-state index contributed by atoms with van der Waals surface area (Å²) in [4.78, 5) is 20.4. The number of carbonyl (C=O) groups is 1. The lowest BCUT2D eigenvalue weighted by molar-refractivity contribution is -0.126. The Bertz CT molecular complexity index is 1250. The van der Waals surface area contributed by atoms with Crippen molar-refractivity contribution in [2.75, 3.05) is 13.7 Å². The summed E-state index contributed by atoms with van der Waals surface area (Å²) in [5, 5.41) is 3.10. The number of methoxy groups -OCH3 is 1. The van der Waals surface area contributed by atoms with E-state index in [-0.39, 0.29) is 5.91 Å². The zero-order valence-corrected chi connectivity index (χ0v) is 19.5. The van der Waals surface area contributed by atoms with Gasteiger partial charge < -0.3 is 14.4 Å². The number of rotatable bonds is 9. The summed E-state index contributed by atoms with van der Waals surface area (Å²) in [6, 6.07) is 21.7. The van der Waals surface area contributed by atoms with Crippen LogP contribution in [0.5, 0.6) is 11.5 Å². The van der Waals surface area contributed by atoms with E-state index in [4.69, 9.17) is 9.47 Å². The van der Waals surface area contributed by atoms with Crippen LogP contribution in [0.4, 0.5) is 0 Å². The first-order valence-corrected chi connectivity index (χ1v) is 11.7. The molecule has 0 saturated carbocycles. The third-order valence-electron chi connectivity index (χ3n) is 5.26. The van der Waals surface area contributed by atoms with Crippen molar-refractivity contribution in [1.29, 1.82) is 0 Å². The zero-order chi connectivity index (χ0) is 23.0. The van der Waals surface area contributed by atoms with Gasteiger partial charge in [-0.1, -0.05) is 36.4 Å². The number of ether oxygens (including phenoxy) is 2. The number of likely N-dealkylation sites (N-methyl/N-ethyl adjacent to an activating group) is 1. The molecule has 0 saturated heterocycles. The van der Waals surface area contributed by atoms with Crippen molar-refractivity contribution >= 4 is 34.2 Å². The first-order chi connectivity index (χ1) is 16.2. The number of hydrogen-bond acceptors (Lipinski definition) is 5. The SMILES string of the molecule is CCN(Cc1ccc(OCc2cccs2)c(OC)c1)C(=O)C=Cc1ccc2ccccc2n1. The van der Waals surface area contributed by atoms with Crippen LogP contribution in [-0.4, -0.2) is 29.4 Å². The number of thiophene rings is 1. The summed E-state index contributed by atoms with van der Waals surface area (Å²) >= 11 is 1.66. The average molecular weight is 459 g/mol. The molecular weight excluding hydrogens is 432 g/mol. The molecule has 6 heteroatoms. The molecule has 1 amide bonds. The molecule has 0 spiro atoms. The van der Waals surface area contributed by atoms with Crippen LogP contribution < -0.4 is 9.47 Å². The molecule has 2 heterocycles. The van der Waals surface area contributed by atoms with Crippen LogP contribution in [0.15, 0.2) is 78.2 Å². The molecule has 0 aliphatic heterocycles. The second-order valence-electron chi connectivity index (χ2n) is 7.47. The molecule has 33 heavy (non-hydrogen) atoms. The monoisotopic (exact) mass is 458 g/mol. The Morgan fingerprint density at radius 3 is 2.73 bits per heavy atom. The highest BCUT2D eigenvalue weighted by Crippen LogP contribution is 2.30. The van der Waals surface area contributed by atoms with Crippen LogP contribution in [0.1, 0.15) is 23.1 Å². The molecule has 2 aromatic heterocycles. The van der Waals surface area contributed by atoms with Gasteiger partial charge in [0.05, 0.1) is 18.3 Å². The fraction of sp³-hybridized carbons (Fsp3) is 0.185. The minimum Gasteiger partial charge on any atom is -0.493 e. The second kappa shape index (κ2) is 10.8. The van der Waals surface area contributed by atoms with Crippen molar-refractivity contribution in [3.8, 4) is 11.5 Å². The number of carbonyl (C=O) groups excluding carboxylic acids is 1. The molecule has 0 unspecified atom stereocenters. The van der Waals surface area contributed by atoms with Crippen molar-refractivity contribution in [1.82, 2.24) is 9.88 Å². The van der Waals surface area contributed by atoms with Crippen LogP contribution >= 0.6 is 11.3 Å². The standard InChI is InChI=1S/C27H26N2O3S/c1-3-29(27(30)15-13-22-12-11-21-7-4-5-9-24(21)28-22)18-20-10-14-25(26(17-20)31-2)32-19-23-8-6-16-33-23/h4-17H,3,18-19H2,1-2H3. The smallest absolute Gasteiger partial charge is 0.246 e. The van der Waals surface area contributed by atoms with Crippen molar-refractivity contribution in [2.24, 2.45) is 0 Å². The highest BCUT2D eigenvalue weighted by Gasteiger charge is 2.12. The van der Waals surface area contributed by atoms with E-state index in [2.05, 4.69) is 4.98 Å². The van der Waals surface area contributed by atoms with Gasteiger partial charge in [-0.2, -0.15) is 0 Å². The van der Waals surface area contributed by atoms with Crippen LogP contribution in [0, 0.1) is 0 Å². The van der Waals surface area contributed by atoms with Gasteiger partial charge in [-0.3, -0.25) is 4.79 Å². The Morgan fingerprint density at radius 2 is 1.94 bits per heavy atom.